The van der Waals surface area contributed by atoms with Crippen LogP contribution in [0.2, 0.25) is 0 Å². The van der Waals surface area contributed by atoms with E-state index in [1.54, 1.807) is 24.3 Å². The quantitative estimate of drug-likeness (QED) is 0.720. The van der Waals surface area contributed by atoms with Crippen LogP contribution in [0.4, 0.5) is 4.39 Å². The Bertz CT molecular complexity index is 746. The first-order chi connectivity index (χ1) is 11.5. The van der Waals surface area contributed by atoms with Crippen molar-refractivity contribution in [2.45, 2.75) is 13.5 Å². The molecule has 0 bridgehead atoms. The van der Waals surface area contributed by atoms with E-state index in [4.69, 9.17) is 0 Å². The van der Waals surface area contributed by atoms with Crippen LogP contribution in [0.25, 0.3) is 0 Å². The predicted octanol–water partition coefficient (Wildman–Crippen LogP) is 4.04. The number of hydrogen-bond acceptors (Lipinski definition) is 3. The lowest BCUT2D eigenvalue weighted by Crippen LogP contribution is -2.30. The number of esters is 1. The molecule has 2 rings (SSSR count). The van der Waals surface area contributed by atoms with Crippen LogP contribution in [0.5, 0.6) is 0 Å². The Balaban J connectivity index is 2.19. The molecule has 0 radical (unpaired) electrons. The van der Waals surface area contributed by atoms with Crippen LogP contribution in [0.1, 0.15) is 33.2 Å². The van der Waals surface area contributed by atoms with Gasteiger partial charge in [-0.1, -0.05) is 15.9 Å². The molecule has 0 aliphatic carbocycles. The van der Waals surface area contributed by atoms with Gasteiger partial charge in [-0.2, -0.15) is 0 Å². The molecule has 6 heteroatoms. The van der Waals surface area contributed by atoms with Crippen LogP contribution in [0.15, 0.2) is 46.9 Å². The Labute approximate surface area is 148 Å². The molecule has 2 aromatic rings. The standard InChI is InChI=1S/C18H17BrFNO3/c1-3-21(11-14-10-15(19)8-9-16(14)20)17(22)12-4-6-13(7-5-12)18(23)24-2/h4-10H,3,11H2,1-2H3. The molecule has 0 unspecified atom stereocenters. The van der Waals surface area contributed by atoms with Crippen molar-refractivity contribution in [3.63, 3.8) is 0 Å². The molecule has 24 heavy (non-hydrogen) atoms. The van der Waals surface area contributed by atoms with Gasteiger partial charge in [-0.25, -0.2) is 9.18 Å². The molecule has 0 aliphatic heterocycles. The zero-order valence-electron chi connectivity index (χ0n) is 13.4. The first-order valence-electron chi connectivity index (χ1n) is 7.37. The van der Waals surface area contributed by atoms with Gasteiger partial charge in [0.05, 0.1) is 12.7 Å². The third-order valence-corrected chi connectivity index (χ3v) is 4.08. The van der Waals surface area contributed by atoms with E-state index in [0.717, 1.165) is 4.47 Å². The maximum atomic E-state index is 13.9. The summed E-state index contributed by atoms with van der Waals surface area (Å²) in [6.45, 7) is 2.43. The zero-order chi connectivity index (χ0) is 17.7. The molecule has 4 nitrogen and oxygen atoms in total. The van der Waals surface area contributed by atoms with Gasteiger partial charge in [0.1, 0.15) is 5.82 Å². The Kier molecular flexibility index (Phi) is 6.09. The molecule has 0 aromatic heterocycles. The number of benzene rings is 2. The van der Waals surface area contributed by atoms with Crippen molar-refractivity contribution in [1.29, 1.82) is 0 Å². The topological polar surface area (TPSA) is 46.6 Å². The number of halogens is 2. The fourth-order valence-corrected chi connectivity index (χ4v) is 2.66. The van der Waals surface area contributed by atoms with Gasteiger partial charge in [-0.3, -0.25) is 4.79 Å². The third kappa shape index (κ3) is 4.20. The summed E-state index contributed by atoms with van der Waals surface area (Å²) in [4.78, 5) is 25.6. The number of hydrogen-bond donors (Lipinski definition) is 0. The van der Waals surface area contributed by atoms with Crippen LogP contribution in [0, 0.1) is 5.82 Å². The van der Waals surface area contributed by atoms with E-state index in [2.05, 4.69) is 20.7 Å². The normalized spacial score (nSPS) is 10.3. The molecule has 1 amide bonds. The second kappa shape index (κ2) is 8.06. The average Bonchev–Trinajstić information content (AvgIpc) is 2.61. The van der Waals surface area contributed by atoms with Gasteiger partial charge in [0, 0.05) is 28.7 Å². The molecular weight excluding hydrogens is 377 g/mol. The van der Waals surface area contributed by atoms with E-state index in [1.165, 1.54) is 30.2 Å². The summed E-state index contributed by atoms with van der Waals surface area (Å²) in [5, 5.41) is 0. The Hall–Kier alpha value is -2.21. The monoisotopic (exact) mass is 393 g/mol. The summed E-state index contributed by atoms with van der Waals surface area (Å²) in [5.41, 5.74) is 1.24. The van der Waals surface area contributed by atoms with Gasteiger partial charge < -0.3 is 9.64 Å². The number of methoxy groups -OCH3 is 1. The summed E-state index contributed by atoms with van der Waals surface area (Å²) in [5.74, 6) is -1.05. The molecular formula is C18H17BrFNO3. The van der Waals surface area contributed by atoms with Crippen molar-refractivity contribution in [1.82, 2.24) is 4.90 Å². The number of nitrogens with zero attached hydrogens (tertiary/aromatic N) is 1. The summed E-state index contributed by atoms with van der Waals surface area (Å²) in [7, 11) is 1.30. The highest BCUT2D eigenvalue weighted by Gasteiger charge is 2.17. The number of rotatable bonds is 5. The summed E-state index contributed by atoms with van der Waals surface area (Å²) in [6.07, 6.45) is 0. The minimum atomic E-state index is -0.461. The highest BCUT2D eigenvalue weighted by atomic mass is 79.9. The van der Waals surface area contributed by atoms with Crippen LogP contribution >= 0.6 is 15.9 Å². The van der Waals surface area contributed by atoms with Crippen molar-refractivity contribution >= 4 is 27.8 Å². The highest BCUT2D eigenvalue weighted by molar-refractivity contribution is 9.10. The number of carbonyl (C=O) groups excluding carboxylic acids is 2. The van der Waals surface area contributed by atoms with Gasteiger partial charge in [-0.15, -0.1) is 0 Å². The first-order valence-corrected chi connectivity index (χ1v) is 8.17. The fraction of sp³-hybridized carbons (Fsp3) is 0.222. The van der Waals surface area contributed by atoms with Crippen molar-refractivity contribution in [2.24, 2.45) is 0 Å². The molecule has 2 aromatic carbocycles. The molecule has 0 saturated carbocycles. The maximum absolute atomic E-state index is 13.9. The SMILES string of the molecule is CCN(Cc1cc(Br)ccc1F)C(=O)c1ccc(C(=O)OC)cc1. The van der Waals surface area contributed by atoms with E-state index >= 15 is 0 Å². The van der Waals surface area contributed by atoms with Gasteiger partial charge in [0.2, 0.25) is 0 Å². The Morgan fingerprint density at radius 1 is 1.12 bits per heavy atom. The predicted molar refractivity (Wildman–Crippen MR) is 92.3 cm³/mol. The largest absolute Gasteiger partial charge is 0.465 e. The molecule has 0 spiro atoms. The Morgan fingerprint density at radius 2 is 1.75 bits per heavy atom. The smallest absolute Gasteiger partial charge is 0.337 e. The number of amides is 1. The van der Waals surface area contributed by atoms with Crippen molar-refractivity contribution in [2.75, 3.05) is 13.7 Å². The van der Waals surface area contributed by atoms with Crippen LogP contribution < -0.4 is 0 Å². The molecule has 0 saturated heterocycles. The maximum Gasteiger partial charge on any atom is 0.337 e. The average molecular weight is 394 g/mol. The summed E-state index contributed by atoms with van der Waals surface area (Å²) in [6, 6.07) is 10.8. The van der Waals surface area contributed by atoms with Gasteiger partial charge >= 0.3 is 5.97 Å². The number of ether oxygens (including phenoxy) is 1. The van der Waals surface area contributed by atoms with E-state index in [9.17, 15) is 14.0 Å². The van der Waals surface area contributed by atoms with Crippen LogP contribution in [0.3, 0.4) is 0 Å². The lowest BCUT2D eigenvalue weighted by atomic mass is 10.1. The molecule has 0 aliphatic rings. The van der Waals surface area contributed by atoms with E-state index in [0.29, 0.717) is 23.2 Å². The second-order valence-electron chi connectivity index (χ2n) is 5.12. The second-order valence-corrected chi connectivity index (χ2v) is 6.04. The van der Waals surface area contributed by atoms with E-state index in [1.807, 2.05) is 6.92 Å². The van der Waals surface area contributed by atoms with Crippen molar-refractivity contribution < 1.29 is 18.7 Å². The fourth-order valence-electron chi connectivity index (χ4n) is 2.25. The molecule has 126 valence electrons. The highest BCUT2D eigenvalue weighted by Crippen LogP contribution is 2.18. The van der Waals surface area contributed by atoms with E-state index < -0.39 is 5.97 Å². The number of carbonyl (C=O) groups is 2. The molecule has 0 atom stereocenters. The molecule has 0 fully saturated rings. The third-order valence-electron chi connectivity index (χ3n) is 3.59. The molecule has 0 heterocycles. The lowest BCUT2D eigenvalue weighted by Gasteiger charge is -2.21. The molecule has 0 N–H and O–H groups in total. The summed E-state index contributed by atoms with van der Waals surface area (Å²) < 4.78 is 19.3. The van der Waals surface area contributed by atoms with Gasteiger partial charge in [-0.05, 0) is 49.4 Å². The minimum absolute atomic E-state index is 0.166. The van der Waals surface area contributed by atoms with Gasteiger partial charge in [0.25, 0.3) is 5.91 Å². The first kappa shape index (κ1) is 18.1. The van der Waals surface area contributed by atoms with E-state index in [-0.39, 0.29) is 18.3 Å². The lowest BCUT2D eigenvalue weighted by molar-refractivity contribution is 0.0599. The van der Waals surface area contributed by atoms with Gasteiger partial charge in [0.15, 0.2) is 0 Å². The van der Waals surface area contributed by atoms with Crippen LogP contribution in [-0.2, 0) is 11.3 Å². The van der Waals surface area contributed by atoms with Crippen molar-refractivity contribution in [3.05, 3.63) is 69.4 Å². The summed E-state index contributed by atoms with van der Waals surface area (Å²) >= 11 is 3.30. The van der Waals surface area contributed by atoms with Crippen molar-refractivity contribution in [3.8, 4) is 0 Å². The zero-order valence-corrected chi connectivity index (χ0v) is 15.0. The van der Waals surface area contributed by atoms with Crippen LogP contribution in [-0.4, -0.2) is 30.4 Å². The minimum Gasteiger partial charge on any atom is -0.465 e. The Morgan fingerprint density at radius 3 is 2.33 bits per heavy atom.